The largest absolute Gasteiger partial charge is 0.478 e. The number of carboxylic acid groups (broad SMARTS) is 1. The molecule has 0 atom stereocenters. The number of fused-ring (bicyclic) bond motifs is 1. The zero-order valence-electron chi connectivity index (χ0n) is 18.4. The summed E-state index contributed by atoms with van der Waals surface area (Å²) in [7, 11) is 0. The molecule has 3 heterocycles. The fourth-order valence-corrected chi connectivity index (χ4v) is 3.91. The molecule has 8 heteroatoms. The number of aromatic nitrogens is 2. The van der Waals surface area contributed by atoms with Crippen molar-refractivity contribution in [2.75, 3.05) is 0 Å². The molecule has 0 aliphatic carbocycles. The molecule has 1 aliphatic rings. The second-order valence-electron chi connectivity index (χ2n) is 6.12. The molecular weight excluding hydrogens is 446 g/mol. The van der Waals surface area contributed by atoms with E-state index in [2.05, 4.69) is 10.3 Å². The number of amides is 1. The van der Waals surface area contributed by atoms with Crippen molar-refractivity contribution in [2.24, 2.45) is 0 Å². The first-order valence-electron chi connectivity index (χ1n) is 10.3. The van der Waals surface area contributed by atoms with Crippen LogP contribution in [0.4, 0.5) is 0 Å². The van der Waals surface area contributed by atoms with E-state index in [-0.39, 0.29) is 17.9 Å². The lowest BCUT2D eigenvalue weighted by molar-refractivity contribution is -0.132. The Morgan fingerprint density at radius 2 is 1.78 bits per heavy atom. The molecule has 0 fully saturated rings. The molecule has 1 aliphatic heterocycles. The lowest BCUT2D eigenvalue weighted by Crippen LogP contribution is -2.25. The van der Waals surface area contributed by atoms with Crippen LogP contribution in [-0.2, 0) is 4.79 Å². The van der Waals surface area contributed by atoms with Crippen LogP contribution in [0.15, 0.2) is 71.0 Å². The van der Waals surface area contributed by atoms with Crippen LogP contribution in [-0.4, -0.2) is 26.4 Å². The Morgan fingerprint density at radius 3 is 2.44 bits per heavy atom. The number of pyridine rings is 1. The predicted octanol–water partition coefficient (Wildman–Crippen LogP) is 6.24. The molecule has 4 rings (SSSR count). The molecule has 0 saturated carbocycles. The van der Waals surface area contributed by atoms with E-state index in [0.717, 1.165) is 16.8 Å². The topological polar surface area (TPSA) is 83.7 Å². The zero-order valence-corrected chi connectivity index (χ0v) is 20.0. The lowest BCUT2D eigenvalue weighted by Gasteiger charge is -2.19. The number of nitrogens with zero attached hydrogens (tertiary/aromatic N) is 2. The van der Waals surface area contributed by atoms with Crippen LogP contribution in [0.25, 0.3) is 11.2 Å². The Labute approximate surface area is 197 Å². The van der Waals surface area contributed by atoms with Crippen LogP contribution in [0.5, 0.6) is 0 Å². The summed E-state index contributed by atoms with van der Waals surface area (Å²) < 4.78 is 1.73. The van der Waals surface area contributed by atoms with Gasteiger partial charge in [-0.05, 0) is 40.8 Å². The van der Waals surface area contributed by atoms with Crippen LogP contribution in [0.2, 0.25) is 5.02 Å². The second kappa shape index (κ2) is 12.1. The average Bonchev–Trinajstić information content (AvgIpc) is 3.30. The predicted molar refractivity (Wildman–Crippen MR) is 132 cm³/mol. The number of hydrogen-bond donors (Lipinski definition) is 2. The zero-order chi connectivity index (χ0) is 23.7. The van der Waals surface area contributed by atoms with Gasteiger partial charge in [0.15, 0.2) is 0 Å². The van der Waals surface area contributed by atoms with E-state index in [1.54, 1.807) is 47.3 Å². The number of carboxylic acids is 1. The Morgan fingerprint density at radius 1 is 1.09 bits per heavy atom. The van der Waals surface area contributed by atoms with E-state index >= 15 is 0 Å². The summed E-state index contributed by atoms with van der Waals surface area (Å²) >= 11 is 7.10. The van der Waals surface area contributed by atoms with E-state index in [9.17, 15) is 14.7 Å². The van der Waals surface area contributed by atoms with Crippen LogP contribution < -0.4 is 5.32 Å². The normalized spacial score (nSPS) is 12.7. The van der Waals surface area contributed by atoms with E-state index < -0.39 is 5.97 Å². The smallest absolute Gasteiger partial charge is 0.334 e. The summed E-state index contributed by atoms with van der Waals surface area (Å²) in [5.41, 5.74) is 3.04. The first-order chi connectivity index (χ1) is 15.5. The number of thioether (sulfide) groups is 1. The van der Waals surface area contributed by atoms with Gasteiger partial charge in [0.1, 0.15) is 5.65 Å². The number of carbonyl (C=O) groups excluding carboxylic acids is 1. The highest BCUT2D eigenvalue weighted by molar-refractivity contribution is 8.06. The van der Waals surface area contributed by atoms with E-state index in [4.69, 9.17) is 11.6 Å². The van der Waals surface area contributed by atoms with Crippen molar-refractivity contribution in [1.82, 2.24) is 14.7 Å². The van der Waals surface area contributed by atoms with Gasteiger partial charge in [0.2, 0.25) is 0 Å². The first kappa shape index (κ1) is 25.2. The maximum Gasteiger partial charge on any atom is 0.334 e. The number of imidazole rings is 1. The van der Waals surface area contributed by atoms with Gasteiger partial charge in [0.05, 0.1) is 16.2 Å². The number of hydrogen-bond acceptors (Lipinski definition) is 4. The highest BCUT2D eigenvalue weighted by atomic mass is 35.5. The molecule has 1 aromatic carbocycles. The van der Waals surface area contributed by atoms with Crippen molar-refractivity contribution in [3.05, 3.63) is 87.1 Å². The summed E-state index contributed by atoms with van der Waals surface area (Å²) in [5.74, 6) is -1.44. The van der Waals surface area contributed by atoms with Crippen LogP contribution in [0, 0.1) is 0 Å². The van der Waals surface area contributed by atoms with Gasteiger partial charge in [-0.2, -0.15) is 0 Å². The molecule has 0 unspecified atom stereocenters. The van der Waals surface area contributed by atoms with Gasteiger partial charge in [-0.1, -0.05) is 63.2 Å². The van der Waals surface area contributed by atoms with Gasteiger partial charge in [-0.25, -0.2) is 9.78 Å². The third-order valence-electron chi connectivity index (χ3n) is 4.31. The van der Waals surface area contributed by atoms with Crippen LogP contribution >= 0.6 is 23.4 Å². The molecule has 2 aromatic heterocycles. The number of nitrogens with one attached hydrogen (secondary N) is 1. The fourth-order valence-electron chi connectivity index (χ4n) is 2.85. The van der Waals surface area contributed by atoms with Gasteiger partial charge < -0.3 is 14.8 Å². The summed E-state index contributed by atoms with van der Waals surface area (Å²) in [6, 6.07) is 10.6. The fraction of sp³-hybridized carbons (Fsp3) is 0.208. The second-order valence-corrected chi connectivity index (χ2v) is 7.44. The molecule has 6 nitrogen and oxygen atoms in total. The first-order valence-corrected chi connectivity index (χ1v) is 11.6. The summed E-state index contributed by atoms with van der Waals surface area (Å²) in [6.07, 6.45) is 5.24. The van der Waals surface area contributed by atoms with E-state index in [0.29, 0.717) is 15.6 Å². The monoisotopic (exact) mass is 471 g/mol. The minimum atomic E-state index is -1.06. The number of allylic oxidation sites excluding steroid dienone is 1. The minimum Gasteiger partial charge on any atom is -0.478 e. The molecule has 3 aromatic rings. The number of halogens is 1. The lowest BCUT2D eigenvalue weighted by atomic mass is 10.00. The highest BCUT2D eigenvalue weighted by Crippen LogP contribution is 2.36. The number of benzene rings is 1. The van der Waals surface area contributed by atoms with Gasteiger partial charge >= 0.3 is 5.97 Å². The van der Waals surface area contributed by atoms with Crippen LogP contribution in [0.1, 0.15) is 50.0 Å². The number of rotatable bonds is 4. The standard InChI is InChI=1S/C20H14ClN3O3S.2C2H6/c21-15-4-1-12(2-5-15)14-9-16(20(26)27)19(28-11-14)23-18(25)13-3-6-17-22-7-8-24(17)10-13;2*1-2/h1-8,10-11H,9H2,(H,23,25)(H,26,27);2*1-2H3. The van der Waals surface area contributed by atoms with Gasteiger partial charge in [0.25, 0.3) is 5.91 Å². The Hall–Kier alpha value is -3.03. The molecular formula is C24H26ClN3O3S. The van der Waals surface area contributed by atoms with Crippen molar-refractivity contribution in [3.63, 3.8) is 0 Å². The Balaban J connectivity index is 0.000000860. The molecule has 2 N–H and O–H groups in total. The molecule has 0 bridgehead atoms. The molecule has 1 amide bonds. The summed E-state index contributed by atoms with van der Waals surface area (Å²) in [5, 5.41) is 15.1. The van der Waals surface area contributed by atoms with Crippen molar-refractivity contribution >= 4 is 46.5 Å². The Kier molecular flexibility index (Phi) is 9.56. The number of aliphatic carboxylic acids is 1. The van der Waals surface area contributed by atoms with E-state index in [1.165, 1.54) is 11.8 Å². The van der Waals surface area contributed by atoms with E-state index in [1.807, 2.05) is 45.2 Å². The van der Waals surface area contributed by atoms with Crippen molar-refractivity contribution in [1.29, 1.82) is 0 Å². The van der Waals surface area contributed by atoms with Crippen LogP contribution in [0.3, 0.4) is 0 Å². The summed E-state index contributed by atoms with van der Waals surface area (Å²) in [4.78, 5) is 28.5. The third kappa shape index (κ3) is 6.02. The number of carbonyl (C=O) groups is 2. The van der Waals surface area contributed by atoms with Crippen molar-refractivity contribution in [2.45, 2.75) is 34.1 Å². The molecule has 0 radical (unpaired) electrons. The third-order valence-corrected chi connectivity index (χ3v) is 5.55. The Bertz CT molecular complexity index is 1150. The molecule has 0 saturated heterocycles. The minimum absolute atomic E-state index is 0.148. The van der Waals surface area contributed by atoms with Crippen molar-refractivity contribution in [3.8, 4) is 0 Å². The quantitative estimate of drug-likeness (QED) is 0.470. The average molecular weight is 472 g/mol. The maximum absolute atomic E-state index is 12.6. The summed E-state index contributed by atoms with van der Waals surface area (Å²) in [6.45, 7) is 8.00. The molecule has 32 heavy (non-hydrogen) atoms. The molecule has 0 spiro atoms. The highest BCUT2D eigenvalue weighted by Gasteiger charge is 2.23. The van der Waals surface area contributed by atoms with Crippen molar-refractivity contribution < 1.29 is 14.7 Å². The van der Waals surface area contributed by atoms with Gasteiger partial charge in [-0.15, -0.1) is 0 Å². The SMILES string of the molecule is CC.CC.O=C(O)C1=C(NC(=O)c2ccc3nccn3c2)SC=C(c2ccc(Cl)cc2)C1. The van der Waals surface area contributed by atoms with Gasteiger partial charge in [-0.3, -0.25) is 4.79 Å². The maximum atomic E-state index is 12.6. The molecule has 168 valence electrons. The van der Waals surface area contributed by atoms with Gasteiger partial charge in [0, 0.05) is 30.0 Å².